The molecule has 4 nitrogen and oxygen atoms in total. The Morgan fingerprint density at radius 3 is 2.67 bits per heavy atom. The summed E-state index contributed by atoms with van der Waals surface area (Å²) in [4.78, 5) is 16.4. The van der Waals surface area contributed by atoms with Gasteiger partial charge in [-0.15, -0.1) is 0 Å². The number of nitrogens with zero attached hydrogens (tertiary/aromatic N) is 1. The Bertz CT molecular complexity index is 810. The second kappa shape index (κ2) is 7.32. The van der Waals surface area contributed by atoms with E-state index in [1.807, 2.05) is 48.5 Å². The van der Waals surface area contributed by atoms with Gasteiger partial charge in [-0.05, 0) is 47.9 Å². The van der Waals surface area contributed by atoms with Crippen molar-refractivity contribution in [2.75, 3.05) is 7.11 Å². The van der Waals surface area contributed by atoms with Gasteiger partial charge in [-0.2, -0.15) is 0 Å². The van der Waals surface area contributed by atoms with Gasteiger partial charge in [0.1, 0.15) is 17.3 Å². The van der Waals surface area contributed by atoms with Gasteiger partial charge >= 0.3 is 0 Å². The molecule has 0 aliphatic carbocycles. The fraction of sp³-hybridized carbons (Fsp3) is 0.158. The van der Waals surface area contributed by atoms with Gasteiger partial charge in [0.25, 0.3) is 5.91 Å². The predicted molar refractivity (Wildman–Crippen MR) is 96.3 cm³/mol. The lowest BCUT2D eigenvalue weighted by atomic mass is 10.1. The lowest BCUT2D eigenvalue weighted by Gasteiger charge is -2.01. The average molecular weight is 341 g/mol. The van der Waals surface area contributed by atoms with Crippen molar-refractivity contribution in [2.24, 2.45) is 4.99 Å². The fourth-order valence-corrected chi connectivity index (χ4v) is 2.66. The fourth-order valence-electron chi connectivity index (χ4n) is 2.45. The summed E-state index contributed by atoms with van der Waals surface area (Å²) in [6.45, 7) is 0. The molecule has 1 aliphatic heterocycles. The minimum atomic E-state index is -0.174. The Balaban J connectivity index is 1.69. The summed E-state index contributed by atoms with van der Waals surface area (Å²) in [5.41, 5.74) is 2.44. The van der Waals surface area contributed by atoms with Gasteiger partial charge in [-0.3, -0.25) is 4.79 Å². The van der Waals surface area contributed by atoms with Gasteiger partial charge in [-0.25, -0.2) is 4.99 Å². The predicted octanol–water partition coefficient (Wildman–Crippen LogP) is 3.85. The van der Waals surface area contributed by atoms with E-state index in [9.17, 15) is 4.79 Å². The Labute approximate surface area is 145 Å². The van der Waals surface area contributed by atoms with Crippen LogP contribution in [0.4, 0.5) is 0 Å². The molecule has 1 heterocycles. The van der Waals surface area contributed by atoms with E-state index in [1.165, 1.54) is 0 Å². The third-order valence-electron chi connectivity index (χ3n) is 3.70. The molecule has 1 aliphatic rings. The Hall–Kier alpha value is -2.59. The third kappa shape index (κ3) is 4.03. The number of amides is 1. The van der Waals surface area contributed by atoms with Gasteiger partial charge in [0.05, 0.1) is 7.11 Å². The number of rotatable bonds is 5. The Morgan fingerprint density at radius 2 is 1.96 bits per heavy atom. The van der Waals surface area contributed by atoms with Crippen LogP contribution in [-0.2, 0) is 11.2 Å². The molecule has 3 rings (SSSR count). The van der Waals surface area contributed by atoms with Crippen LogP contribution < -0.4 is 10.1 Å². The highest BCUT2D eigenvalue weighted by atomic mass is 35.5. The number of hydrogen-bond acceptors (Lipinski definition) is 3. The molecule has 0 radical (unpaired) electrons. The number of benzene rings is 2. The van der Waals surface area contributed by atoms with Crippen LogP contribution in [-0.4, -0.2) is 18.9 Å². The Kier molecular flexibility index (Phi) is 4.96. The van der Waals surface area contributed by atoms with Crippen molar-refractivity contribution in [1.82, 2.24) is 5.32 Å². The summed E-state index contributed by atoms with van der Waals surface area (Å²) >= 11 is 5.98. The number of halogens is 1. The first-order valence-electron chi connectivity index (χ1n) is 7.63. The summed E-state index contributed by atoms with van der Waals surface area (Å²) in [6, 6.07) is 15.2. The van der Waals surface area contributed by atoms with Crippen molar-refractivity contribution in [3.8, 4) is 5.75 Å². The van der Waals surface area contributed by atoms with E-state index < -0.39 is 0 Å². The molecule has 1 amide bonds. The summed E-state index contributed by atoms with van der Waals surface area (Å²) in [5.74, 6) is 1.28. The van der Waals surface area contributed by atoms with Crippen molar-refractivity contribution in [3.05, 3.63) is 70.4 Å². The molecule has 122 valence electrons. The molecule has 0 aromatic heterocycles. The van der Waals surface area contributed by atoms with E-state index >= 15 is 0 Å². The molecule has 0 saturated heterocycles. The molecule has 0 bridgehead atoms. The van der Waals surface area contributed by atoms with E-state index in [1.54, 1.807) is 13.2 Å². The van der Waals surface area contributed by atoms with E-state index in [0.717, 1.165) is 23.3 Å². The second-order valence-electron chi connectivity index (χ2n) is 5.45. The van der Waals surface area contributed by atoms with Crippen LogP contribution in [0.5, 0.6) is 5.75 Å². The van der Waals surface area contributed by atoms with E-state index in [0.29, 0.717) is 23.0 Å². The maximum atomic E-state index is 12.0. The van der Waals surface area contributed by atoms with E-state index in [-0.39, 0.29) is 5.91 Å². The maximum absolute atomic E-state index is 12.0. The standard InChI is InChI=1S/C19H17ClN2O2/c1-24-16-8-5-14(6-9-16)12-17-19(23)22-18(21-17)10-7-13-3-2-4-15(20)11-13/h2-6,8-9,11-12H,7,10H2,1H3,(H,21,22,23)/b17-12+. The highest BCUT2D eigenvalue weighted by Crippen LogP contribution is 2.18. The molecule has 0 saturated carbocycles. The zero-order valence-corrected chi connectivity index (χ0v) is 14.0. The van der Waals surface area contributed by atoms with Gasteiger partial charge < -0.3 is 10.1 Å². The number of amidine groups is 1. The first-order valence-corrected chi connectivity index (χ1v) is 8.01. The van der Waals surface area contributed by atoms with Gasteiger partial charge in [0, 0.05) is 11.4 Å². The van der Waals surface area contributed by atoms with Gasteiger partial charge in [-0.1, -0.05) is 35.9 Å². The zero-order valence-electron chi connectivity index (χ0n) is 13.3. The number of aryl methyl sites for hydroxylation is 1. The van der Waals surface area contributed by atoms with Crippen LogP contribution in [0.15, 0.2) is 59.2 Å². The van der Waals surface area contributed by atoms with E-state index in [2.05, 4.69) is 10.3 Å². The molecule has 24 heavy (non-hydrogen) atoms. The maximum Gasteiger partial charge on any atom is 0.275 e. The Morgan fingerprint density at radius 1 is 1.17 bits per heavy atom. The average Bonchev–Trinajstić information content (AvgIpc) is 2.94. The minimum absolute atomic E-state index is 0.174. The molecule has 2 aromatic carbocycles. The number of aliphatic imine (C=N–C) groups is 1. The van der Waals surface area contributed by atoms with Crippen LogP contribution in [0.3, 0.4) is 0 Å². The highest BCUT2D eigenvalue weighted by Gasteiger charge is 2.19. The molecule has 0 fully saturated rings. The normalized spacial score (nSPS) is 15.3. The molecule has 1 N–H and O–H groups in total. The smallest absolute Gasteiger partial charge is 0.275 e. The molecule has 5 heteroatoms. The van der Waals surface area contributed by atoms with Crippen molar-refractivity contribution >= 4 is 29.4 Å². The third-order valence-corrected chi connectivity index (χ3v) is 3.94. The monoisotopic (exact) mass is 340 g/mol. The lowest BCUT2D eigenvalue weighted by Crippen LogP contribution is -2.24. The van der Waals surface area contributed by atoms with Gasteiger partial charge in [0.15, 0.2) is 0 Å². The quantitative estimate of drug-likeness (QED) is 0.840. The number of nitrogens with one attached hydrogen (secondary N) is 1. The zero-order chi connectivity index (χ0) is 16.9. The van der Waals surface area contributed by atoms with Crippen LogP contribution in [0.25, 0.3) is 6.08 Å². The van der Waals surface area contributed by atoms with Crippen LogP contribution in [0, 0.1) is 0 Å². The summed E-state index contributed by atoms with van der Waals surface area (Å²) in [5, 5.41) is 3.53. The molecular formula is C19H17ClN2O2. The number of hydrogen-bond donors (Lipinski definition) is 1. The number of methoxy groups -OCH3 is 1. The summed E-state index contributed by atoms with van der Waals surface area (Å²) < 4.78 is 5.12. The molecule has 0 unspecified atom stereocenters. The molecule has 0 spiro atoms. The van der Waals surface area contributed by atoms with Crippen LogP contribution in [0.1, 0.15) is 17.5 Å². The van der Waals surface area contributed by atoms with Crippen molar-refractivity contribution < 1.29 is 9.53 Å². The van der Waals surface area contributed by atoms with Crippen molar-refractivity contribution in [2.45, 2.75) is 12.8 Å². The summed E-state index contributed by atoms with van der Waals surface area (Å²) in [6.07, 6.45) is 3.20. The highest BCUT2D eigenvalue weighted by molar-refractivity contribution is 6.30. The number of carbonyl (C=O) groups excluding carboxylic acids is 1. The lowest BCUT2D eigenvalue weighted by molar-refractivity contribution is -0.115. The van der Waals surface area contributed by atoms with Crippen LogP contribution >= 0.6 is 11.6 Å². The topological polar surface area (TPSA) is 50.7 Å². The molecular weight excluding hydrogens is 324 g/mol. The minimum Gasteiger partial charge on any atom is -0.497 e. The van der Waals surface area contributed by atoms with Crippen LogP contribution in [0.2, 0.25) is 5.02 Å². The summed E-state index contributed by atoms with van der Waals surface area (Å²) in [7, 11) is 1.62. The first kappa shape index (κ1) is 16.3. The van der Waals surface area contributed by atoms with Gasteiger partial charge in [0.2, 0.25) is 0 Å². The molecule has 0 atom stereocenters. The largest absolute Gasteiger partial charge is 0.497 e. The SMILES string of the molecule is COc1ccc(/C=C2/N=C(CCc3cccc(Cl)c3)NC2=O)cc1. The second-order valence-corrected chi connectivity index (χ2v) is 5.88. The molecule has 2 aromatic rings. The van der Waals surface area contributed by atoms with Crippen molar-refractivity contribution in [1.29, 1.82) is 0 Å². The first-order chi connectivity index (χ1) is 11.6. The number of carbonyl (C=O) groups is 1. The number of ether oxygens (including phenoxy) is 1. The van der Waals surface area contributed by atoms with E-state index in [4.69, 9.17) is 16.3 Å². The van der Waals surface area contributed by atoms with Crippen molar-refractivity contribution in [3.63, 3.8) is 0 Å².